The second kappa shape index (κ2) is 6.17. The zero-order chi connectivity index (χ0) is 14.2. The van der Waals surface area contributed by atoms with Crippen LogP contribution in [0.4, 0.5) is 0 Å². The Balaban J connectivity index is 2.49. The van der Waals surface area contributed by atoms with Crippen LogP contribution in [0.1, 0.15) is 27.1 Å². The molecule has 1 unspecified atom stereocenters. The lowest BCUT2D eigenvalue weighted by Gasteiger charge is -2.17. The highest BCUT2D eigenvalue weighted by Gasteiger charge is 2.17. The number of halogens is 4. The molecule has 2 aromatic rings. The van der Waals surface area contributed by atoms with Gasteiger partial charge in [0.15, 0.2) is 0 Å². The molecule has 0 amide bonds. The fourth-order valence-electron chi connectivity index (χ4n) is 1.95. The lowest BCUT2D eigenvalue weighted by molar-refractivity contribution is 1.13. The first-order valence-corrected chi connectivity index (χ1v) is 8.22. The smallest absolute Gasteiger partial charge is 0.0661 e. The standard InChI is InChI=1S/C15H12Br2Cl2/c1-8-6-13(18)9(2)5-12(8)15(17)11-4-3-10(16)7-14(11)19/h3-7,15H,1-2H3. The highest BCUT2D eigenvalue weighted by atomic mass is 79.9. The molecule has 0 N–H and O–H groups in total. The van der Waals surface area contributed by atoms with E-state index < -0.39 is 0 Å². The molecule has 100 valence electrons. The molecule has 0 aromatic heterocycles. The van der Waals surface area contributed by atoms with Gasteiger partial charge >= 0.3 is 0 Å². The van der Waals surface area contributed by atoms with Gasteiger partial charge in [-0.05, 0) is 54.3 Å². The number of hydrogen-bond donors (Lipinski definition) is 0. The van der Waals surface area contributed by atoms with Crippen molar-refractivity contribution in [2.75, 3.05) is 0 Å². The molecule has 0 saturated heterocycles. The van der Waals surface area contributed by atoms with E-state index in [1.165, 1.54) is 5.56 Å². The van der Waals surface area contributed by atoms with E-state index in [-0.39, 0.29) is 4.83 Å². The number of rotatable bonds is 2. The topological polar surface area (TPSA) is 0 Å². The van der Waals surface area contributed by atoms with Crippen LogP contribution in [0.5, 0.6) is 0 Å². The SMILES string of the molecule is Cc1cc(C(Br)c2ccc(Br)cc2Cl)c(C)cc1Cl. The van der Waals surface area contributed by atoms with E-state index in [0.29, 0.717) is 0 Å². The molecule has 0 fully saturated rings. The van der Waals surface area contributed by atoms with Crippen molar-refractivity contribution < 1.29 is 0 Å². The third-order valence-corrected chi connectivity index (χ3v) is 5.27. The Morgan fingerprint density at radius 1 is 0.895 bits per heavy atom. The Bertz CT molecular complexity index is 624. The molecule has 0 spiro atoms. The van der Waals surface area contributed by atoms with Crippen LogP contribution in [0.25, 0.3) is 0 Å². The minimum Gasteiger partial charge on any atom is -0.0840 e. The first kappa shape index (κ1) is 15.4. The highest BCUT2D eigenvalue weighted by molar-refractivity contribution is 9.10. The summed E-state index contributed by atoms with van der Waals surface area (Å²) in [5.74, 6) is 0. The Hall–Kier alpha value is -0.0200. The van der Waals surface area contributed by atoms with Gasteiger partial charge in [0.2, 0.25) is 0 Å². The summed E-state index contributed by atoms with van der Waals surface area (Å²) in [7, 11) is 0. The first-order chi connectivity index (χ1) is 8.90. The van der Waals surface area contributed by atoms with E-state index in [1.54, 1.807) is 0 Å². The molecular formula is C15H12Br2Cl2. The van der Waals surface area contributed by atoms with Crippen LogP contribution < -0.4 is 0 Å². The average Bonchev–Trinajstić information content (AvgIpc) is 2.33. The monoisotopic (exact) mass is 420 g/mol. The molecule has 0 aliphatic carbocycles. The van der Waals surface area contributed by atoms with Crippen molar-refractivity contribution in [3.8, 4) is 0 Å². The molecule has 0 nitrogen and oxygen atoms in total. The van der Waals surface area contributed by atoms with Gasteiger partial charge in [0.1, 0.15) is 0 Å². The Kier molecular flexibility index (Phi) is 4.99. The quantitative estimate of drug-likeness (QED) is 0.464. The number of alkyl halides is 1. The van der Waals surface area contributed by atoms with Crippen molar-refractivity contribution in [2.24, 2.45) is 0 Å². The van der Waals surface area contributed by atoms with Crippen molar-refractivity contribution in [2.45, 2.75) is 18.7 Å². The minimum atomic E-state index is 0.0593. The fourth-order valence-corrected chi connectivity index (χ4v) is 3.98. The molecule has 0 aliphatic heterocycles. The van der Waals surface area contributed by atoms with Crippen LogP contribution in [0, 0.1) is 13.8 Å². The third kappa shape index (κ3) is 3.36. The van der Waals surface area contributed by atoms with Crippen LogP contribution in [-0.2, 0) is 0 Å². The molecule has 0 saturated carbocycles. The maximum atomic E-state index is 6.31. The van der Waals surface area contributed by atoms with Gasteiger partial charge in [-0.15, -0.1) is 0 Å². The van der Waals surface area contributed by atoms with Crippen molar-refractivity contribution in [3.05, 3.63) is 67.1 Å². The molecule has 0 aliphatic rings. The second-order valence-corrected chi connectivity index (χ2v) is 7.13. The molecule has 19 heavy (non-hydrogen) atoms. The van der Waals surface area contributed by atoms with Crippen molar-refractivity contribution in [1.82, 2.24) is 0 Å². The third-order valence-electron chi connectivity index (χ3n) is 3.06. The predicted octanol–water partition coefficient (Wildman–Crippen LogP) is 6.86. The van der Waals surface area contributed by atoms with Gasteiger partial charge in [-0.25, -0.2) is 0 Å². The summed E-state index contributed by atoms with van der Waals surface area (Å²) in [6.07, 6.45) is 0. The Morgan fingerprint density at radius 3 is 2.21 bits per heavy atom. The van der Waals surface area contributed by atoms with Crippen molar-refractivity contribution >= 4 is 55.1 Å². The van der Waals surface area contributed by atoms with Crippen LogP contribution in [-0.4, -0.2) is 0 Å². The zero-order valence-electron chi connectivity index (χ0n) is 10.5. The van der Waals surface area contributed by atoms with Crippen LogP contribution >= 0.6 is 55.1 Å². The van der Waals surface area contributed by atoms with Crippen molar-refractivity contribution in [1.29, 1.82) is 0 Å². The molecule has 1 atom stereocenters. The van der Waals surface area contributed by atoms with E-state index in [2.05, 4.69) is 44.8 Å². The van der Waals surface area contributed by atoms with E-state index in [1.807, 2.05) is 31.2 Å². The van der Waals surface area contributed by atoms with Gasteiger partial charge in [-0.2, -0.15) is 0 Å². The summed E-state index contributed by atoms with van der Waals surface area (Å²) in [6.45, 7) is 4.07. The van der Waals surface area contributed by atoms with E-state index >= 15 is 0 Å². The summed E-state index contributed by atoms with van der Waals surface area (Å²) < 4.78 is 0.977. The van der Waals surface area contributed by atoms with Gasteiger partial charge in [0, 0.05) is 14.5 Å². The average molecular weight is 423 g/mol. The van der Waals surface area contributed by atoms with Gasteiger partial charge < -0.3 is 0 Å². The van der Waals surface area contributed by atoms with Crippen LogP contribution in [0.15, 0.2) is 34.8 Å². The molecule has 0 bridgehead atoms. The van der Waals surface area contributed by atoms with E-state index in [0.717, 1.165) is 31.2 Å². The predicted molar refractivity (Wildman–Crippen MR) is 90.8 cm³/mol. The maximum Gasteiger partial charge on any atom is 0.0661 e. The molecule has 2 rings (SSSR count). The minimum absolute atomic E-state index is 0.0593. The summed E-state index contributed by atoms with van der Waals surface area (Å²) in [4.78, 5) is 0.0593. The second-order valence-electron chi connectivity index (χ2n) is 4.49. The Morgan fingerprint density at radius 2 is 1.58 bits per heavy atom. The normalized spacial score (nSPS) is 12.5. The van der Waals surface area contributed by atoms with E-state index in [9.17, 15) is 0 Å². The van der Waals surface area contributed by atoms with Gasteiger partial charge in [0.05, 0.1) is 4.83 Å². The van der Waals surface area contributed by atoms with Gasteiger partial charge in [-0.3, -0.25) is 0 Å². The summed E-state index contributed by atoms with van der Waals surface area (Å²) in [6, 6.07) is 10.0. The number of aryl methyl sites for hydroxylation is 2. The fraction of sp³-hybridized carbons (Fsp3) is 0.200. The van der Waals surface area contributed by atoms with Crippen LogP contribution in [0.2, 0.25) is 10.0 Å². The molecule has 2 aromatic carbocycles. The van der Waals surface area contributed by atoms with E-state index in [4.69, 9.17) is 23.2 Å². The number of benzene rings is 2. The zero-order valence-corrected chi connectivity index (χ0v) is 15.2. The van der Waals surface area contributed by atoms with Gasteiger partial charge in [-0.1, -0.05) is 67.2 Å². The largest absolute Gasteiger partial charge is 0.0840 e. The van der Waals surface area contributed by atoms with Gasteiger partial charge in [0.25, 0.3) is 0 Å². The Labute approximate surface area is 140 Å². The lowest BCUT2D eigenvalue weighted by atomic mass is 9.98. The molecule has 4 heteroatoms. The summed E-state index contributed by atoms with van der Waals surface area (Å²) >= 11 is 19.6. The van der Waals surface area contributed by atoms with Crippen LogP contribution in [0.3, 0.4) is 0 Å². The molecular weight excluding hydrogens is 411 g/mol. The lowest BCUT2D eigenvalue weighted by Crippen LogP contribution is -1.98. The first-order valence-electron chi connectivity index (χ1n) is 5.76. The molecule has 0 radical (unpaired) electrons. The maximum absolute atomic E-state index is 6.31. The number of hydrogen-bond acceptors (Lipinski definition) is 0. The highest BCUT2D eigenvalue weighted by Crippen LogP contribution is 2.39. The summed E-state index contributed by atoms with van der Waals surface area (Å²) in [5, 5.41) is 1.53. The molecule has 0 heterocycles. The summed E-state index contributed by atoms with van der Waals surface area (Å²) in [5.41, 5.74) is 4.46. The van der Waals surface area contributed by atoms with Crippen molar-refractivity contribution in [3.63, 3.8) is 0 Å².